The van der Waals surface area contributed by atoms with Gasteiger partial charge in [0.05, 0.1) is 12.2 Å². The summed E-state index contributed by atoms with van der Waals surface area (Å²) in [5.41, 5.74) is 4.81. The first kappa shape index (κ1) is 15.2. The number of amides is 1. The van der Waals surface area contributed by atoms with Gasteiger partial charge in [-0.05, 0) is 32.0 Å². The van der Waals surface area contributed by atoms with Crippen molar-refractivity contribution in [1.29, 1.82) is 0 Å². The third-order valence-corrected chi connectivity index (χ3v) is 2.61. The molecular weight excluding hydrogens is 247 g/mol. The minimum absolute atomic E-state index is 0.0911. The van der Waals surface area contributed by atoms with Crippen LogP contribution in [-0.4, -0.2) is 25.2 Å². The van der Waals surface area contributed by atoms with Gasteiger partial charge in [-0.15, -0.1) is 0 Å². The molecule has 0 atom stereocenters. The van der Waals surface area contributed by atoms with Crippen LogP contribution in [0.25, 0.3) is 0 Å². The quantitative estimate of drug-likeness (QED) is 0.813. The van der Waals surface area contributed by atoms with Crippen molar-refractivity contribution < 1.29 is 13.9 Å². The van der Waals surface area contributed by atoms with Crippen molar-refractivity contribution in [2.24, 2.45) is 5.73 Å². The van der Waals surface area contributed by atoms with E-state index >= 15 is 0 Å². The summed E-state index contributed by atoms with van der Waals surface area (Å²) in [7, 11) is 1.42. The minimum Gasteiger partial charge on any atom is -0.369 e. The molecular formula is C14H17FN2O2. The number of anilines is 1. The van der Waals surface area contributed by atoms with Crippen LogP contribution in [0.3, 0.4) is 0 Å². The molecule has 0 radical (unpaired) electrons. The summed E-state index contributed by atoms with van der Waals surface area (Å²) in [5, 5.41) is 2.47. The lowest BCUT2D eigenvalue weighted by Gasteiger charge is -2.21. The number of nitrogens with one attached hydrogen (secondary N) is 1. The van der Waals surface area contributed by atoms with Crippen molar-refractivity contribution in [2.45, 2.75) is 19.4 Å². The number of halogens is 1. The number of hydrogen-bond acceptors (Lipinski definition) is 3. The second kappa shape index (κ2) is 6.32. The first-order valence-electron chi connectivity index (χ1n) is 5.76. The van der Waals surface area contributed by atoms with Crippen LogP contribution in [-0.2, 0) is 9.53 Å². The number of rotatable bonds is 3. The van der Waals surface area contributed by atoms with Crippen molar-refractivity contribution in [3.8, 4) is 11.8 Å². The van der Waals surface area contributed by atoms with Crippen LogP contribution in [0.5, 0.6) is 0 Å². The minimum atomic E-state index is -1.02. The van der Waals surface area contributed by atoms with Gasteiger partial charge in [-0.25, -0.2) is 4.39 Å². The Morgan fingerprint density at radius 1 is 1.53 bits per heavy atom. The highest BCUT2D eigenvalue weighted by Gasteiger charge is 2.27. The highest BCUT2D eigenvalue weighted by molar-refractivity contribution is 5.96. The Kier molecular flexibility index (Phi) is 5.04. The molecule has 5 heteroatoms. The molecule has 0 unspecified atom stereocenters. The molecule has 1 aromatic rings. The summed E-state index contributed by atoms with van der Waals surface area (Å²) in [6.07, 6.45) is 0. The van der Waals surface area contributed by atoms with E-state index in [1.54, 1.807) is 19.9 Å². The second-order valence-electron chi connectivity index (χ2n) is 4.37. The molecule has 0 saturated carbocycles. The van der Waals surface area contributed by atoms with E-state index < -0.39 is 17.3 Å². The molecule has 1 amide bonds. The highest BCUT2D eigenvalue weighted by atomic mass is 19.1. The van der Waals surface area contributed by atoms with Crippen molar-refractivity contribution in [1.82, 2.24) is 0 Å². The van der Waals surface area contributed by atoms with E-state index in [4.69, 9.17) is 10.5 Å². The Hall–Kier alpha value is -1.90. The van der Waals surface area contributed by atoms with Gasteiger partial charge in [-0.1, -0.05) is 11.8 Å². The molecule has 19 heavy (non-hydrogen) atoms. The molecule has 0 aliphatic heterocycles. The van der Waals surface area contributed by atoms with Gasteiger partial charge >= 0.3 is 0 Å². The number of methoxy groups -OCH3 is 1. The van der Waals surface area contributed by atoms with Gasteiger partial charge in [-0.2, -0.15) is 0 Å². The Morgan fingerprint density at radius 2 is 2.21 bits per heavy atom. The van der Waals surface area contributed by atoms with E-state index in [1.807, 2.05) is 0 Å². The topological polar surface area (TPSA) is 64.3 Å². The van der Waals surface area contributed by atoms with E-state index in [9.17, 15) is 9.18 Å². The lowest BCUT2D eigenvalue weighted by atomic mass is 10.1. The zero-order valence-electron chi connectivity index (χ0n) is 11.2. The van der Waals surface area contributed by atoms with Gasteiger partial charge in [0.2, 0.25) is 0 Å². The number of carbonyl (C=O) groups excluding carboxylic acids is 1. The van der Waals surface area contributed by atoms with E-state index in [0.717, 1.165) is 0 Å². The van der Waals surface area contributed by atoms with Crippen LogP contribution in [0, 0.1) is 17.7 Å². The first-order chi connectivity index (χ1) is 8.90. The lowest BCUT2D eigenvalue weighted by Crippen LogP contribution is -2.39. The molecule has 0 aliphatic rings. The molecule has 0 fully saturated rings. The maximum atomic E-state index is 13.8. The molecule has 102 valence electrons. The predicted octanol–water partition coefficient (Wildman–Crippen LogP) is 1.50. The fraction of sp³-hybridized carbons (Fsp3) is 0.357. The van der Waals surface area contributed by atoms with Crippen LogP contribution >= 0.6 is 0 Å². The van der Waals surface area contributed by atoms with Crippen LogP contribution in [0.15, 0.2) is 18.2 Å². The van der Waals surface area contributed by atoms with Gasteiger partial charge < -0.3 is 15.8 Å². The van der Waals surface area contributed by atoms with Crippen molar-refractivity contribution in [2.75, 3.05) is 19.0 Å². The third-order valence-electron chi connectivity index (χ3n) is 2.61. The number of nitrogens with two attached hydrogens (primary N) is 1. The normalized spacial score (nSPS) is 10.6. The predicted molar refractivity (Wildman–Crippen MR) is 72.1 cm³/mol. The monoisotopic (exact) mass is 264 g/mol. The average Bonchev–Trinajstić information content (AvgIpc) is 2.39. The molecule has 1 rings (SSSR count). The average molecular weight is 264 g/mol. The smallest absolute Gasteiger partial charge is 0.256 e. The largest absolute Gasteiger partial charge is 0.369 e. The standard InChI is InChI=1S/C14H17FN2O2/c1-14(2,19-3)13(18)17-12-7-6-10(5-4-8-16)9-11(12)15/h6-7,9H,8,16H2,1-3H3,(H,17,18). The molecule has 0 aromatic heterocycles. The summed E-state index contributed by atoms with van der Waals surface area (Å²) in [4.78, 5) is 11.8. The molecule has 0 aliphatic carbocycles. The number of hydrogen-bond donors (Lipinski definition) is 2. The van der Waals surface area contributed by atoms with Crippen LogP contribution < -0.4 is 11.1 Å². The number of benzene rings is 1. The maximum absolute atomic E-state index is 13.8. The van der Waals surface area contributed by atoms with E-state index in [1.165, 1.54) is 19.2 Å². The number of carbonyl (C=O) groups is 1. The van der Waals surface area contributed by atoms with Crippen LogP contribution in [0.2, 0.25) is 0 Å². The Bertz CT molecular complexity index is 530. The zero-order chi connectivity index (χ0) is 14.5. The molecule has 0 bridgehead atoms. The molecule has 0 heterocycles. The van der Waals surface area contributed by atoms with Crippen molar-refractivity contribution in [3.05, 3.63) is 29.6 Å². The molecule has 1 aromatic carbocycles. The van der Waals surface area contributed by atoms with Crippen LogP contribution in [0.1, 0.15) is 19.4 Å². The Balaban J connectivity index is 2.89. The van der Waals surface area contributed by atoms with Gasteiger partial charge in [0.1, 0.15) is 11.4 Å². The SMILES string of the molecule is COC(C)(C)C(=O)Nc1ccc(C#CCN)cc1F. The fourth-order valence-electron chi connectivity index (χ4n) is 1.21. The first-order valence-corrected chi connectivity index (χ1v) is 5.76. The highest BCUT2D eigenvalue weighted by Crippen LogP contribution is 2.18. The van der Waals surface area contributed by atoms with Crippen LogP contribution in [0.4, 0.5) is 10.1 Å². The lowest BCUT2D eigenvalue weighted by molar-refractivity contribution is -0.133. The maximum Gasteiger partial charge on any atom is 0.256 e. The van der Waals surface area contributed by atoms with E-state index in [-0.39, 0.29) is 12.2 Å². The second-order valence-corrected chi connectivity index (χ2v) is 4.37. The van der Waals surface area contributed by atoms with Gasteiger partial charge in [0, 0.05) is 12.7 Å². The number of ether oxygens (including phenoxy) is 1. The van der Waals surface area contributed by atoms with Gasteiger partial charge in [0.25, 0.3) is 5.91 Å². The molecule has 0 saturated heterocycles. The molecule has 3 N–H and O–H groups in total. The fourth-order valence-corrected chi connectivity index (χ4v) is 1.21. The third kappa shape index (κ3) is 4.05. The Labute approximate surface area is 112 Å². The van der Waals surface area contributed by atoms with Crippen molar-refractivity contribution >= 4 is 11.6 Å². The van der Waals surface area contributed by atoms with Gasteiger partial charge in [-0.3, -0.25) is 4.79 Å². The summed E-state index contributed by atoms with van der Waals surface area (Å²) < 4.78 is 18.8. The summed E-state index contributed by atoms with van der Waals surface area (Å²) in [6.45, 7) is 3.41. The summed E-state index contributed by atoms with van der Waals surface area (Å²) >= 11 is 0. The van der Waals surface area contributed by atoms with Crippen molar-refractivity contribution in [3.63, 3.8) is 0 Å². The van der Waals surface area contributed by atoms with E-state index in [2.05, 4.69) is 17.2 Å². The molecule has 0 spiro atoms. The molecule has 4 nitrogen and oxygen atoms in total. The van der Waals surface area contributed by atoms with Gasteiger partial charge in [0.15, 0.2) is 0 Å². The summed E-state index contributed by atoms with van der Waals surface area (Å²) in [6, 6.07) is 4.32. The Morgan fingerprint density at radius 3 is 2.74 bits per heavy atom. The summed E-state index contributed by atoms with van der Waals surface area (Å²) in [5.74, 6) is 4.37. The zero-order valence-corrected chi connectivity index (χ0v) is 11.2. The van der Waals surface area contributed by atoms with E-state index in [0.29, 0.717) is 5.56 Å².